The molecule has 2 aromatic heterocycles. The van der Waals surface area contributed by atoms with E-state index < -0.39 is 0 Å². The fraction of sp³-hybridized carbons (Fsp3) is 0.370. The van der Waals surface area contributed by atoms with Crippen LogP contribution in [-0.2, 0) is 19.4 Å². The zero-order valence-corrected chi connectivity index (χ0v) is 18.5. The number of aryl methyl sites for hydroxylation is 2. The Balaban J connectivity index is 1.56. The summed E-state index contributed by atoms with van der Waals surface area (Å²) in [5.41, 5.74) is 4.26. The van der Waals surface area contributed by atoms with Gasteiger partial charge >= 0.3 is 0 Å². The molecule has 32 heavy (non-hydrogen) atoms. The van der Waals surface area contributed by atoms with E-state index in [9.17, 15) is 9.59 Å². The lowest BCUT2D eigenvalue weighted by molar-refractivity contribution is 0.0700. The summed E-state index contributed by atoms with van der Waals surface area (Å²) in [4.78, 5) is 33.0. The van der Waals surface area contributed by atoms with Crippen LogP contribution in [0.3, 0.4) is 0 Å². The van der Waals surface area contributed by atoms with Crippen LogP contribution in [0.15, 0.2) is 65.7 Å². The van der Waals surface area contributed by atoms with Gasteiger partial charge in [0.2, 0.25) is 0 Å². The Kier molecular flexibility index (Phi) is 5.64. The van der Waals surface area contributed by atoms with Crippen LogP contribution in [-0.4, -0.2) is 32.9 Å². The number of rotatable bonds is 6. The number of amides is 1. The van der Waals surface area contributed by atoms with Crippen LogP contribution < -0.4 is 5.43 Å². The van der Waals surface area contributed by atoms with Crippen LogP contribution in [0.1, 0.15) is 52.1 Å². The van der Waals surface area contributed by atoms with Crippen LogP contribution >= 0.6 is 0 Å². The first-order valence-corrected chi connectivity index (χ1v) is 11.6. The lowest BCUT2D eigenvalue weighted by atomic mass is 10.0. The van der Waals surface area contributed by atoms with Crippen molar-refractivity contribution in [3.8, 4) is 0 Å². The number of likely N-dealkylation sites (tertiary alicyclic amines) is 1. The van der Waals surface area contributed by atoms with Crippen LogP contribution in [0.5, 0.6) is 0 Å². The number of hydrogen-bond acceptors (Lipinski definition) is 3. The van der Waals surface area contributed by atoms with Crippen molar-refractivity contribution in [2.75, 3.05) is 6.54 Å². The van der Waals surface area contributed by atoms with Crippen LogP contribution in [0, 0.1) is 12.8 Å². The number of carbonyl (C=O) groups excluding carboxylic acids is 1. The zero-order chi connectivity index (χ0) is 22.1. The summed E-state index contributed by atoms with van der Waals surface area (Å²) in [7, 11) is 0. The minimum absolute atomic E-state index is 0.0752. The molecule has 164 valence electrons. The minimum atomic E-state index is -0.149. The van der Waals surface area contributed by atoms with E-state index in [1.165, 1.54) is 12.0 Å². The Morgan fingerprint density at radius 1 is 1.03 bits per heavy atom. The van der Waals surface area contributed by atoms with Crippen molar-refractivity contribution >= 4 is 5.91 Å². The summed E-state index contributed by atoms with van der Waals surface area (Å²) in [6.45, 7) is 3.37. The van der Waals surface area contributed by atoms with E-state index in [1.807, 2.05) is 42.2 Å². The number of fused-ring (bicyclic) bond motifs is 2. The van der Waals surface area contributed by atoms with E-state index in [0.717, 1.165) is 42.8 Å². The Labute approximate surface area is 188 Å². The van der Waals surface area contributed by atoms with Gasteiger partial charge in [0.05, 0.1) is 0 Å². The first kappa shape index (κ1) is 20.7. The number of nitrogens with zero attached hydrogens (tertiary/aromatic N) is 3. The summed E-state index contributed by atoms with van der Waals surface area (Å²) < 4.78 is 2.15. The molecule has 0 radical (unpaired) electrons. The maximum Gasteiger partial charge on any atom is 0.259 e. The standard InChI is InChI=1S/C27H29N3O2/c1-19-15-25(31)26(27(32)30-18-22-7-9-23(30)16-22)24(10-8-20-5-3-2-4-6-20)29(19)17-21-11-13-28-14-12-21/h2-6,11-15,22-23H,7-10,16-18H2,1H3/t22-,23+/m1/s1. The maximum absolute atomic E-state index is 13.7. The molecule has 1 aliphatic heterocycles. The molecule has 0 unspecified atom stereocenters. The van der Waals surface area contributed by atoms with E-state index in [-0.39, 0.29) is 11.3 Å². The average Bonchev–Trinajstić information content (AvgIpc) is 3.45. The van der Waals surface area contributed by atoms with Crippen molar-refractivity contribution in [1.29, 1.82) is 0 Å². The molecule has 2 fully saturated rings. The second kappa shape index (κ2) is 8.73. The Bertz CT molecular complexity index is 1170. The van der Waals surface area contributed by atoms with Gasteiger partial charge < -0.3 is 9.47 Å². The summed E-state index contributed by atoms with van der Waals surface area (Å²) in [6, 6.07) is 16.2. The van der Waals surface area contributed by atoms with Crippen molar-refractivity contribution in [3.63, 3.8) is 0 Å². The molecule has 3 heterocycles. The number of pyridine rings is 2. The largest absolute Gasteiger partial charge is 0.343 e. The van der Waals surface area contributed by atoms with Crippen molar-refractivity contribution in [3.05, 3.63) is 99.2 Å². The van der Waals surface area contributed by atoms with Gasteiger partial charge in [-0.2, -0.15) is 0 Å². The molecular weight excluding hydrogens is 398 g/mol. The fourth-order valence-electron chi connectivity index (χ4n) is 5.43. The fourth-order valence-corrected chi connectivity index (χ4v) is 5.43. The molecule has 1 saturated heterocycles. The SMILES string of the molecule is Cc1cc(=O)c(C(=O)N2C[C@@H]3CC[C@H]2C3)c(CCc2ccccc2)n1Cc1ccncc1. The Morgan fingerprint density at radius 2 is 1.81 bits per heavy atom. The van der Waals surface area contributed by atoms with Crippen LogP contribution in [0.4, 0.5) is 0 Å². The van der Waals surface area contributed by atoms with E-state index in [4.69, 9.17) is 0 Å². The van der Waals surface area contributed by atoms with Gasteiger partial charge in [-0.1, -0.05) is 30.3 Å². The van der Waals surface area contributed by atoms with Gasteiger partial charge in [0.1, 0.15) is 5.56 Å². The van der Waals surface area contributed by atoms with Crippen molar-refractivity contribution in [2.45, 2.75) is 51.6 Å². The highest BCUT2D eigenvalue weighted by Crippen LogP contribution is 2.38. The average molecular weight is 428 g/mol. The first-order chi connectivity index (χ1) is 15.6. The van der Waals surface area contributed by atoms with Gasteiger partial charge in [0, 0.05) is 49.0 Å². The molecule has 1 amide bonds. The maximum atomic E-state index is 13.7. The second-order valence-corrected chi connectivity index (χ2v) is 9.19. The molecule has 0 spiro atoms. The van der Waals surface area contributed by atoms with E-state index in [0.29, 0.717) is 30.5 Å². The van der Waals surface area contributed by atoms with Gasteiger partial charge in [-0.15, -0.1) is 0 Å². The summed E-state index contributed by atoms with van der Waals surface area (Å²) in [6.07, 6.45) is 8.35. The first-order valence-electron chi connectivity index (χ1n) is 11.6. The second-order valence-electron chi connectivity index (χ2n) is 9.19. The van der Waals surface area contributed by atoms with Gasteiger partial charge in [-0.25, -0.2) is 0 Å². The third-order valence-corrected chi connectivity index (χ3v) is 7.09. The van der Waals surface area contributed by atoms with Crippen LogP contribution in [0.25, 0.3) is 0 Å². The molecule has 3 aromatic rings. The highest BCUT2D eigenvalue weighted by Gasteiger charge is 2.41. The van der Waals surface area contributed by atoms with E-state index in [1.54, 1.807) is 18.5 Å². The highest BCUT2D eigenvalue weighted by molar-refractivity contribution is 5.95. The lowest BCUT2D eigenvalue weighted by Crippen LogP contribution is -2.41. The van der Waals surface area contributed by atoms with Crippen molar-refractivity contribution in [1.82, 2.24) is 14.5 Å². The predicted octanol–water partition coefficient (Wildman–Crippen LogP) is 4.01. The number of carbonyl (C=O) groups is 1. The third-order valence-electron chi connectivity index (χ3n) is 7.09. The molecule has 1 aliphatic carbocycles. The molecular formula is C27H29N3O2. The van der Waals surface area contributed by atoms with Gasteiger partial charge in [-0.05, 0) is 68.2 Å². The topological polar surface area (TPSA) is 55.2 Å². The monoisotopic (exact) mass is 427 g/mol. The molecule has 5 rings (SSSR count). The smallest absolute Gasteiger partial charge is 0.259 e. The Hall–Kier alpha value is -3.21. The van der Waals surface area contributed by atoms with Gasteiger partial charge in [0.25, 0.3) is 5.91 Å². The number of aromatic nitrogens is 2. The molecule has 2 atom stereocenters. The minimum Gasteiger partial charge on any atom is -0.343 e. The zero-order valence-electron chi connectivity index (χ0n) is 18.5. The lowest BCUT2D eigenvalue weighted by Gasteiger charge is -2.29. The summed E-state index contributed by atoms with van der Waals surface area (Å²) >= 11 is 0. The third kappa shape index (κ3) is 3.99. The number of piperidine rings is 1. The van der Waals surface area contributed by atoms with Gasteiger partial charge in [-0.3, -0.25) is 14.6 Å². The molecule has 1 saturated carbocycles. The number of benzene rings is 1. The normalized spacial score (nSPS) is 19.5. The van der Waals surface area contributed by atoms with E-state index in [2.05, 4.69) is 21.7 Å². The molecule has 1 aromatic carbocycles. The molecule has 5 nitrogen and oxygen atoms in total. The van der Waals surface area contributed by atoms with Gasteiger partial charge in [0.15, 0.2) is 5.43 Å². The summed E-state index contributed by atoms with van der Waals surface area (Å²) in [5, 5.41) is 0. The molecule has 5 heteroatoms. The predicted molar refractivity (Wildman–Crippen MR) is 125 cm³/mol. The van der Waals surface area contributed by atoms with Crippen LogP contribution in [0.2, 0.25) is 0 Å². The van der Waals surface area contributed by atoms with E-state index >= 15 is 0 Å². The molecule has 2 bridgehead atoms. The molecule has 0 N–H and O–H groups in total. The Morgan fingerprint density at radius 3 is 2.50 bits per heavy atom. The summed E-state index contributed by atoms with van der Waals surface area (Å²) in [5.74, 6) is 0.523. The quantitative estimate of drug-likeness (QED) is 0.597. The number of hydrogen-bond donors (Lipinski definition) is 0. The highest BCUT2D eigenvalue weighted by atomic mass is 16.2. The van der Waals surface area contributed by atoms with Crippen molar-refractivity contribution in [2.24, 2.45) is 5.92 Å². The van der Waals surface area contributed by atoms with Crippen molar-refractivity contribution < 1.29 is 4.79 Å². The molecule has 2 aliphatic rings.